The van der Waals surface area contributed by atoms with Crippen LogP contribution in [0.1, 0.15) is 18.4 Å². The minimum Gasteiger partial charge on any atom is -0.362 e. The summed E-state index contributed by atoms with van der Waals surface area (Å²) in [7, 11) is 2.10. The quantitative estimate of drug-likeness (QED) is 0.831. The van der Waals surface area contributed by atoms with Gasteiger partial charge in [-0.1, -0.05) is 0 Å². The molecule has 1 heterocycles. The van der Waals surface area contributed by atoms with Crippen LogP contribution in [0.2, 0.25) is 0 Å². The smallest absolute Gasteiger partial charge is 0.362 e. The minimum absolute atomic E-state index is 0.438. The van der Waals surface area contributed by atoms with Gasteiger partial charge in [-0.3, -0.25) is 0 Å². The molecule has 0 aromatic heterocycles. The summed E-state index contributed by atoms with van der Waals surface area (Å²) in [5.74, 6) is 0.547. The number of hydrogen-bond acceptors (Lipinski definition) is 2. The van der Waals surface area contributed by atoms with E-state index in [-0.39, 0.29) is 0 Å². The van der Waals surface area contributed by atoms with Crippen LogP contribution in [0.5, 0.6) is 0 Å². The average Bonchev–Trinajstić information content (AvgIpc) is 2.45. The van der Waals surface area contributed by atoms with E-state index >= 15 is 0 Å². The van der Waals surface area contributed by atoms with Gasteiger partial charge in [-0.25, -0.2) is 0 Å². The molecule has 22 heavy (non-hydrogen) atoms. The Hall–Kier alpha value is -1.34. The maximum absolute atomic E-state index is 12.5. The zero-order valence-electron chi connectivity index (χ0n) is 12.4. The number of hydrogen-bond donors (Lipinski definition) is 2. The van der Waals surface area contributed by atoms with Crippen molar-refractivity contribution in [3.63, 3.8) is 0 Å². The standard InChI is InChI=1S/C15H20F3N3S/c1-21-8-2-3-11(10-21)9-19-14(22)20-13-6-4-12(5-7-13)15(16,17)18/h4-7,11H,2-3,8-10H2,1H3,(H2,19,20,22)/t11-/m0/s1. The molecule has 1 aliphatic rings. The minimum atomic E-state index is -4.32. The van der Waals surface area contributed by atoms with Gasteiger partial charge in [-0.15, -0.1) is 0 Å². The number of likely N-dealkylation sites (tertiary alicyclic amines) is 1. The molecule has 0 saturated carbocycles. The monoisotopic (exact) mass is 331 g/mol. The number of nitrogens with zero attached hydrogens (tertiary/aromatic N) is 1. The van der Waals surface area contributed by atoms with Crippen LogP contribution in [0.3, 0.4) is 0 Å². The molecule has 0 unspecified atom stereocenters. The number of piperidine rings is 1. The second-order valence-corrected chi connectivity index (χ2v) is 6.09. The van der Waals surface area contributed by atoms with Crippen molar-refractivity contribution in [1.29, 1.82) is 0 Å². The molecule has 1 aromatic carbocycles. The number of alkyl halides is 3. The lowest BCUT2D eigenvalue weighted by Crippen LogP contribution is -2.40. The van der Waals surface area contributed by atoms with E-state index in [0.717, 1.165) is 31.8 Å². The third-order valence-electron chi connectivity index (χ3n) is 3.74. The highest BCUT2D eigenvalue weighted by atomic mass is 32.1. The fourth-order valence-electron chi connectivity index (χ4n) is 2.59. The maximum atomic E-state index is 12.5. The zero-order chi connectivity index (χ0) is 16.2. The summed E-state index contributed by atoms with van der Waals surface area (Å²) in [5.41, 5.74) is -0.117. The molecule has 2 rings (SSSR count). The van der Waals surface area contributed by atoms with Crippen molar-refractivity contribution in [2.75, 3.05) is 32.0 Å². The predicted molar refractivity (Wildman–Crippen MR) is 85.9 cm³/mol. The van der Waals surface area contributed by atoms with Crippen molar-refractivity contribution in [2.24, 2.45) is 5.92 Å². The Bertz CT molecular complexity index is 502. The highest BCUT2D eigenvalue weighted by molar-refractivity contribution is 7.80. The number of halogens is 3. The molecule has 0 spiro atoms. The third kappa shape index (κ3) is 5.14. The Morgan fingerprint density at radius 2 is 2.00 bits per heavy atom. The summed E-state index contributed by atoms with van der Waals surface area (Å²) >= 11 is 5.18. The van der Waals surface area contributed by atoms with E-state index in [9.17, 15) is 13.2 Å². The molecular weight excluding hydrogens is 311 g/mol. The van der Waals surface area contributed by atoms with Crippen LogP contribution >= 0.6 is 12.2 Å². The van der Waals surface area contributed by atoms with Gasteiger partial charge in [0.2, 0.25) is 0 Å². The second-order valence-electron chi connectivity index (χ2n) is 5.68. The number of thiocarbonyl (C=S) groups is 1. The predicted octanol–water partition coefficient (Wildman–Crippen LogP) is 3.33. The van der Waals surface area contributed by atoms with Crippen molar-refractivity contribution < 1.29 is 13.2 Å². The first-order valence-electron chi connectivity index (χ1n) is 7.25. The number of rotatable bonds is 3. The highest BCUT2D eigenvalue weighted by Crippen LogP contribution is 2.29. The Morgan fingerprint density at radius 3 is 2.59 bits per heavy atom. The van der Waals surface area contributed by atoms with Crippen LogP contribution < -0.4 is 10.6 Å². The largest absolute Gasteiger partial charge is 0.416 e. The fraction of sp³-hybridized carbons (Fsp3) is 0.533. The Labute approximate surface area is 133 Å². The van der Waals surface area contributed by atoms with Gasteiger partial charge in [0.15, 0.2) is 5.11 Å². The van der Waals surface area contributed by atoms with E-state index in [1.165, 1.54) is 25.0 Å². The van der Waals surface area contributed by atoms with Crippen LogP contribution in [0.25, 0.3) is 0 Å². The summed E-state index contributed by atoms with van der Waals surface area (Å²) in [6, 6.07) is 4.85. The number of benzene rings is 1. The highest BCUT2D eigenvalue weighted by Gasteiger charge is 2.29. The molecule has 2 N–H and O–H groups in total. The van der Waals surface area contributed by atoms with Gasteiger partial charge in [-0.05, 0) is 68.8 Å². The van der Waals surface area contributed by atoms with Crippen LogP contribution in [0.4, 0.5) is 18.9 Å². The van der Waals surface area contributed by atoms with Gasteiger partial charge in [0.1, 0.15) is 0 Å². The molecule has 7 heteroatoms. The van der Waals surface area contributed by atoms with Crippen molar-refractivity contribution in [3.8, 4) is 0 Å². The summed E-state index contributed by atoms with van der Waals surface area (Å²) < 4.78 is 37.4. The molecular formula is C15H20F3N3S. The Balaban J connectivity index is 1.79. The van der Waals surface area contributed by atoms with Gasteiger partial charge in [-0.2, -0.15) is 13.2 Å². The van der Waals surface area contributed by atoms with Crippen molar-refractivity contribution in [1.82, 2.24) is 10.2 Å². The van der Waals surface area contributed by atoms with E-state index < -0.39 is 11.7 Å². The summed E-state index contributed by atoms with van der Waals surface area (Å²) in [5, 5.41) is 6.49. The lowest BCUT2D eigenvalue weighted by molar-refractivity contribution is -0.137. The molecule has 122 valence electrons. The van der Waals surface area contributed by atoms with Crippen molar-refractivity contribution in [3.05, 3.63) is 29.8 Å². The van der Waals surface area contributed by atoms with Crippen LogP contribution in [-0.4, -0.2) is 36.7 Å². The molecule has 3 nitrogen and oxygen atoms in total. The summed E-state index contributed by atoms with van der Waals surface area (Å²) in [4.78, 5) is 2.29. The molecule has 1 fully saturated rings. The molecule has 1 saturated heterocycles. The molecule has 0 aliphatic carbocycles. The first-order valence-corrected chi connectivity index (χ1v) is 7.66. The lowest BCUT2D eigenvalue weighted by Gasteiger charge is -2.30. The fourth-order valence-corrected chi connectivity index (χ4v) is 2.80. The number of anilines is 1. The van der Waals surface area contributed by atoms with Crippen molar-refractivity contribution >= 4 is 23.0 Å². The topological polar surface area (TPSA) is 27.3 Å². The summed E-state index contributed by atoms with van der Waals surface area (Å²) in [6.45, 7) is 2.94. The SMILES string of the molecule is CN1CCC[C@@H](CNC(=S)Nc2ccc(C(F)(F)F)cc2)C1. The average molecular weight is 331 g/mol. The van der Waals surface area contributed by atoms with Gasteiger partial charge in [0.05, 0.1) is 5.56 Å². The molecule has 0 amide bonds. The molecule has 1 aliphatic heterocycles. The molecule has 1 atom stereocenters. The van der Waals surface area contributed by atoms with E-state index in [1.54, 1.807) is 0 Å². The second kappa shape index (κ2) is 7.28. The van der Waals surface area contributed by atoms with E-state index in [2.05, 4.69) is 22.6 Å². The van der Waals surface area contributed by atoms with Crippen LogP contribution in [-0.2, 0) is 6.18 Å². The molecule has 1 aromatic rings. The first kappa shape index (κ1) is 17.0. The van der Waals surface area contributed by atoms with Crippen LogP contribution in [0.15, 0.2) is 24.3 Å². The molecule has 0 bridgehead atoms. The zero-order valence-corrected chi connectivity index (χ0v) is 13.2. The lowest BCUT2D eigenvalue weighted by atomic mass is 9.99. The maximum Gasteiger partial charge on any atom is 0.416 e. The van der Waals surface area contributed by atoms with Gasteiger partial charge >= 0.3 is 6.18 Å². The third-order valence-corrected chi connectivity index (χ3v) is 3.99. The Kier molecular flexibility index (Phi) is 5.63. The summed E-state index contributed by atoms with van der Waals surface area (Å²) in [6.07, 6.45) is -1.97. The van der Waals surface area contributed by atoms with Gasteiger partial charge in [0, 0.05) is 18.8 Å². The van der Waals surface area contributed by atoms with E-state index in [4.69, 9.17) is 12.2 Å². The first-order chi connectivity index (χ1) is 10.3. The van der Waals surface area contributed by atoms with Gasteiger partial charge < -0.3 is 15.5 Å². The van der Waals surface area contributed by atoms with E-state index in [1.807, 2.05) is 0 Å². The van der Waals surface area contributed by atoms with Crippen molar-refractivity contribution in [2.45, 2.75) is 19.0 Å². The van der Waals surface area contributed by atoms with Crippen LogP contribution in [0, 0.1) is 5.92 Å². The molecule has 0 radical (unpaired) electrons. The number of nitrogens with one attached hydrogen (secondary N) is 2. The Morgan fingerprint density at radius 1 is 1.32 bits per heavy atom. The van der Waals surface area contributed by atoms with E-state index in [0.29, 0.717) is 16.7 Å². The van der Waals surface area contributed by atoms with Gasteiger partial charge in [0.25, 0.3) is 0 Å². The normalized spacial score (nSPS) is 19.7.